The highest BCUT2D eigenvalue weighted by Crippen LogP contribution is 2.28. The molecule has 0 bridgehead atoms. The van der Waals surface area contributed by atoms with Gasteiger partial charge in [0.25, 0.3) is 0 Å². The van der Waals surface area contributed by atoms with Crippen LogP contribution in [0.3, 0.4) is 0 Å². The number of halogens is 1. The summed E-state index contributed by atoms with van der Waals surface area (Å²) in [5.41, 5.74) is 1.34. The fourth-order valence-electron chi connectivity index (χ4n) is 2.51. The van der Waals surface area contributed by atoms with Crippen molar-refractivity contribution >= 4 is 33.5 Å². The lowest BCUT2D eigenvalue weighted by atomic mass is 10.1. The van der Waals surface area contributed by atoms with Crippen molar-refractivity contribution in [2.24, 2.45) is 0 Å². The number of esters is 1. The van der Waals surface area contributed by atoms with Crippen LogP contribution in [0.2, 0.25) is 5.02 Å². The molecule has 1 aliphatic carbocycles. The lowest BCUT2D eigenvalue weighted by Gasteiger charge is -2.12. The third-order valence-electron chi connectivity index (χ3n) is 3.79. The van der Waals surface area contributed by atoms with Crippen molar-refractivity contribution in [1.82, 2.24) is 0 Å². The summed E-state index contributed by atoms with van der Waals surface area (Å²) < 4.78 is 28.4. The van der Waals surface area contributed by atoms with E-state index in [2.05, 4.69) is 0 Å². The van der Waals surface area contributed by atoms with Gasteiger partial charge in [-0.05, 0) is 43.5 Å². The Kier molecular flexibility index (Phi) is 5.29. The first kappa shape index (κ1) is 17.0. The molecule has 4 nitrogen and oxygen atoms in total. The molecule has 0 radical (unpaired) electrons. The average Bonchev–Trinajstić information content (AvgIpc) is 2.90. The summed E-state index contributed by atoms with van der Waals surface area (Å²) in [5, 5.41) is 0.237. The van der Waals surface area contributed by atoms with Crippen LogP contribution in [-0.2, 0) is 19.4 Å². The molecule has 0 saturated heterocycles. The summed E-state index contributed by atoms with van der Waals surface area (Å²) >= 11 is 5.81. The van der Waals surface area contributed by atoms with Gasteiger partial charge in [-0.15, -0.1) is 0 Å². The molecule has 0 N–H and O–H groups in total. The maximum Gasteiger partial charge on any atom is 0.334 e. The van der Waals surface area contributed by atoms with Crippen LogP contribution in [0.25, 0.3) is 6.08 Å². The number of rotatable bonds is 4. The molecule has 0 heterocycles. The van der Waals surface area contributed by atoms with Gasteiger partial charge in [-0.1, -0.05) is 23.7 Å². The first-order valence-corrected chi connectivity index (χ1v) is 9.42. The van der Waals surface area contributed by atoms with E-state index in [0.717, 1.165) is 5.56 Å². The van der Waals surface area contributed by atoms with Gasteiger partial charge in [-0.2, -0.15) is 0 Å². The topological polar surface area (TPSA) is 60.4 Å². The summed E-state index contributed by atoms with van der Waals surface area (Å²) in [6, 6.07) is 7.13. The number of hydrogen-bond donors (Lipinski definition) is 0. The Morgan fingerprint density at radius 3 is 2.45 bits per heavy atom. The fourth-order valence-corrected chi connectivity index (χ4v) is 3.76. The lowest BCUT2D eigenvalue weighted by Crippen LogP contribution is -2.20. The molecule has 2 atom stereocenters. The summed E-state index contributed by atoms with van der Waals surface area (Å²) in [4.78, 5) is 12.1. The minimum Gasteiger partial charge on any atom is -0.459 e. The molecule has 2 rings (SSSR count). The molecule has 1 fully saturated rings. The molecule has 120 valence electrons. The normalized spacial score (nSPS) is 22.6. The predicted octanol–water partition coefficient (Wildman–Crippen LogP) is 3.25. The summed E-state index contributed by atoms with van der Waals surface area (Å²) in [6.45, 7) is 1.68. The SMILES string of the molecule is CC(=Cc1ccc(Cl)cc1)C(=O)OC1CCC(S(C)(=O)=O)C1. The van der Waals surface area contributed by atoms with E-state index in [-0.39, 0.29) is 6.10 Å². The van der Waals surface area contributed by atoms with Crippen LogP contribution in [0, 0.1) is 0 Å². The third kappa shape index (κ3) is 4.58. The number of carbonyl (C=O) groups excluding carboxylic acids is 1. The number of hydrogen-bond acceptors (Lipinski definition) is 4. The summed E-state index contributed by atoms with van der Waals surface area (Å²) in [6.07, 6.45) is 4.17. The zero-order valence-electron chi connectivity index (χ0n) is 12.6. The molecule has 1 aromatic carbocycles. The number of carbonyl (C=O) groups is 1. The van der Waals surface area contributed by atoms with Crippen molar-refractivity contribution in [2.75, 3.05) is 6.26 Å². The largest absolute Gasteiger partial charge is 0.459 e. The zero-order chi connectivity index (χ0) is 16.3. The van der Waals surface area contributed by atoms with E-state index in [1.54, 1.807) is 25.1 Å². The van der Waals surface area contributed by atoms with Crippen molar-refractivity contribution in [1.29, 1.82) is 0 Å². The Balaban J connectivity index is 1.96. The minimum atomic E-state index is -3.06. The molecule has 0 amide bonds. The van der Waals surface area contributed by atoms with Gasteiger partial charge in [-0.3, -0.25) is 0 Å². The van der Waals surface area contributed by atoms with Crippen LogP contribution in [0.5, 0.6) is 0 Å². The summed E-state index contributed by atoms with van der Waals surface area (Å²) in [7, 11) is -3.06. The Hall–Kier alpha value is -1.33. The quantitative estimate of drug-likeness (QED) is 0.622. The Morgan fingerprint density at radius 2 is 1.91 bits per heavy atom. The Labute approximate surface area is 136 Å². The smallest absolute Gasteiger partial charge is 0.334 e. The van der Waals surface area contributed by atoms with Crippen LogP contribution in [0.1, 0.15) is 31.7 Å². The van der Waals surface area contributed by atoms with E-state index in [4.69, 9.17) is 16.3 Å². The molecule has 1 saturated carbocycles. The molecular formula is C16H19ClO4S. The van der Waals surface area contributed by atoms with Crippen LogP contribution in [0.4, 0.5) is 0 Å². The Morgan fingerprint density at radius 1 is 1.27 bits per heavy atom. The average molecular weight is 343 g/mol. The van der Waals surface area contributed by atoms with Crippen LogP contribution >= 0.6 is 11.6 Å². The first-order valence-electron chi connectivity index (χ1n) is 7.09. The third-order valence-corrected chi connectivity index (χ3v) is 5.68. The van der Waals surface area contributed by atoms with Crippen molar-refractivity contribution in [3.63, 3.8) is 0 Å². The van der Waals surface area contributed by atoms with Gasteiger partial charge in [0.15, 0.2) is 0 Å². The summed E-state index contributed by atoms with van der Waals surface area (Å²) in [5.74, 6) is -0.408. The van der Waals surface area contributed by atoms with Crippen molar-refractivity contribution in [2.45, 2.75) is 37.5 Å². The number of ether oxygens (including phenoxy) is 1. The molecule has 0 aliphatic heterocycles. The number of sulfone groups is 1. The lowest BCUT2D eigenvalue weighted by molar-refractivity contribution is -0.143. The second-order valence-corrected chi connectivity index (χ2v) is 8.43. The monoisotopic (exact) mass is 342 g/mol. The highest BCUT2D eigenvalue weighted by Gasteiger charge is 2.33. The molecule has 0 spiro atoms. The van der Waals surface area contributed by atoms with Crippen LogP contribution < -0.4 is 0 Å². The highest BCUT2D eigenvalue weighted by molar-refractivity contribution is 7.91. The second kappa shape index (κ2) is 6.84. The second-order valence-electron chi connectivity index (χ2n) is 5.67. The van der Waals surface area contributed by atoms with Gasteiger partial charge >= 0.3 is 5.97 Å². The molecule has 2 unspecified atom stereocenters. The highest BCUT2D eigenvalue weighted by atomic mass is 35.5. The van der Waals surface area contributed by atoms with Crippen LogP contribution in [-0.4, -0.2) is 32.0 Å². The van der Waals surface area contributed by atoms with E-state index in [0.29, 0.717) is 29.9 Å². The van der Waals surface area contributed by atoms with E-state index in [9.17, 15) is 13.2 Å². The van der Waals surface area contributed by atoms with Gasteiger partial charge in [0, 0.05) is 23.3 Å². The predicted molar refractivity (Wildman–Crippen MR) is 87.5 cm³/mol. The van der Waals surface area contributed by atoms with E-state index in [1.165, 1.54) is 6.26 Å². The fraction of sp³-hybridized carbons (Fsp3) is 0.438. The van der Waals surface area contributed by atoms with Gasteiger partial charge in [0.1, 0.15) is 15.9 Å². The van der Waals surface area contributed by atoms with Crippen molar-refractivity contribution < 1.29 is 17.9 Å². The first-order chi connectivity index (χ1) is 10.3. The van der Waals surface area contributed by atoms with Gasteiger partial charge in [0.2, 0.25) is 0 Å². The van der Waals surface area contributed by atoms with E-state index >= 15 is 0 Å². The van der Waals surface area contributed by atoms with E-state index < -0.39 is 21.1 Å². The zero-order valence-corrected chi connectivity index (χ0v) is 14.2. The molecule has 1 aliphatic rings. The molecule has 22 heavy (non-hydrogen) atoms. The maximum atomic E-state index is 12.1. The molecule has 1 aromatic rings. The van der Waals surface area contributed by atoms with Gasteiger partial charge in [0.05, 0.1) is 5.25 Å². The van der Waals surface area contributed by atoms with E-state index in [1.807, 2.05) is 12.1 Å². The maximum absolute atomic E-state index is 12.1. The number of benzene rings is 1. The van der Waals surface area contributed by atoms with Crippen molar-refractivity contribution in [3.05, 3.63) is 40.4 Å². The Bertz CT molecular complexity index is 677. The molecular weight excluding hydrogens is 324 g/mol. The van der Waals surface area contributed by atoms with Crippen molar-refractivity contribution in [3.8, 4) is 0 Å². The standard InChI is InChI=1S/C16H19ClO4S/c1-11(9-12-3-5-13(17)6-4-12)16(18)21-14-7-8-15(10-14)22(2,19)20/h3-6,9,14-15H,7-8,10H2,1-2H3. The molecule has 6 heteroatoms. The van der Waals surface area contributed by atoms with Gasteiger partial charge in [-0.25, -0.2) is 13.2 Å². The molecule has 0 aromatic heterocycles. The van der Waals surface area contributed by atoms with Crippen LogP contribution in [0.15, 0.2) is 29.8 Å². The minimum absolute atomic E-state index is 0.319. The van der Waals surface area contributed by atoms with Gasteiger partial charge < -0.3 is 4.74 Å².